The van der Waals surface area contributed by atoms with E-state index in [-0.39, 0.29) is 12.0 Å². The fraction of sp³-hybridized carbons (Fsp3) is 0.682. The van der Waals surface area contributed by atoms with Gasteiger partial charge in [-0.05, 0) is 63.5 Å². The lowest BCUT2D eigenvalue weighted by atomic mass is 9.99. The van der Waals surface area contributed by atoms with Crippen LogP contribution >= 0.6 is 11.6 Å². The highest BCUT2D eigenvalue weighted by Crippen LogP contribution is 2.29. The van der Waals surface area contributed by atoms with Crippen LogP contribution in [-0.4, -0.2) is 80.8 Å². The van der Waals surface area contributed by atoms with E-state index >= 15 is 0 Å². The van der Waals surface area contributed by atoms with Crippen LogP contribution < -0.4 is 10.1 Å². The second kappa shape index (κ2) is 11.2. The Balaban J connectivity index is 1.46. The molecule has 2 aliphatic rings. The number of methoxy groups -OCH3 is 1. The van der Waals surface area contributed by atoms with E-state index in [2.05, 4.69) is 22.0 Å². The van der Waals surface area contributed by atoms with Crippen LogP contribution in [0.1, 0.15) is 43.0 Å². The van der Waals surface area contributed by atoms with Gasteiger partial charge in [-0.15, -0.1) is 0 Å². The lowest BCUT2D eigenvalue weighted by molar-refractivity contribution is 0.0495. The summed E-state index contributed by atoms with van der Waals surface area (Å²) in [6, 6.07) is 5.97. The third kappa shape index (κ3) is 6.32. The van der Waals surface area contributed by atoms with Crippen LogP contribution in [0.4, 0.5) is 0 Å². The minimum atomic E-state index is -0.155. The maximum Gasteiger partial charge on any atom is 0.251 e. The number of piperidine rings is 2. The summed E-state index contributed by atoms with van der Waals surface area (Å²) in [7, 11) is 1.61. The topological polar surface area (TPSA) is 54.0 Å². The molecule has 0 aliphatic carbocycles. The third-order valence-electron chi connectivity index (χ3n) is 6.08. The standard InChI is InChI=1S/C22H34ClN3O3/c1-3-25-11-6-18(7-12-25)26-13-8-19(9-14-26)29-21-5-4-17(16-20(21)23)22(27)24-10-15-28-2/h4-5,16,18-19H,3,6-15H2,1-2H3,(H,24,27). The smallest absolute Gasteiger partial charge is 0.251 e. The zero-order valence-electron chi connectivity index (χ0n) is 17.7. The largest absolute Gasteiger partial charge is 0.489 e. The van der Waals surface area contributed by atoms with Gasteiger partial charge in [0, 0.05) is 38.3 Å². The Morgan fingerprint density at radius 3 is 2.52 bits per heavy atom. The summed E-state index contributed by atoms with van der Waals surface area (Å²) in [6.45, 7) is 8.97. The highest BCUT2D eigenvalue weighted by molar-refractivity contribution is 6.32. The van der Waals surface area contributed by atoms with Crippen molar-refractivity contribution in [1.82, 2.24) is 15.1 Å². The Labute approximate surface area is 179 Å². The molecule has 0 atom stereocenters. The first kappa shape index (κ1) is 22.3. The summed E-state index contributed by atoms with van der Waals surface area (Å²) in [6.07, 6.45) is 4.77. The Morgan fingerprint density at radius 2 is 1.90 bits per heavy atom. The number of amides is 1. The highest BCUT2D eigenvalue weighted by Gasteiger charge is 2.28. The van der Waals surface area contributed by atoms with Crippen molar-refractivity contribution in [2.45, 2.75) is 44.8 Å². The predicted octanol–water partition coefficient (Wildman–Crippen LogP) is 3.04. The van der Waals surface area contributed by atoms with E-state index in [1.54, 1.807) is 25.3 Å². The van der Waals surface area contributed by atoms with Crippen molar-refractivity contribution in [3.8, 4) is 5.75 Å². The molecule has 1 N–H and O–H groups in total. The lowest BCUT2D eigenvalue weighted by Gasteiger charge is -2.41. The van der Waals surface area contributed by atoms with Gasteiger partial charge in [0.25, 0.3) is 5.91 Å². The Hall–Kier alpha value is -1.34. The van der Waals surface area contributed by atoms with Crippen molar-refractivity contribution in [1.29, 1.82) is 0 Å². The quantitative estimate of drug-likeness (QED) is 0.651. The molecular weight excluding hydrogens is 390 g/mol. The number of nitrogens with zero attached hydrogens (tertiary/aromatic N) is 2. The van der Waals surface area contributed by atoms with Crippen LogP contribution in [-0.2, 0) is 4.74 Å². The van der Waals surface area contributed by atoms with Gasteiger partial charge in [-0.3, -0.25) is 4.79 Å². The van der Waals surface area contributed by atoms with E-state index < -0.39 is 0 Å². The van der Waals surface area contributed by atoms with Crippen molar-refractivity contribution in [3.05, 3.63) is 28.8 Å². The molecule has 1 aromatic rings. The highest BCUT2D eigenvalue weighted by atomic mass is 35.5. The molecule has 6 nitrogen and oxygen atoms in total. The van der Waals surface area contributed by atoms with Crippen LogP contribution in [0.5, 0.6) is 5.75 Å². The number of halogens is 1. The van der Waals surface area contributed by atoms with Crippen molar-refractivity contribution in [3.63, 3.8) is 0 Å². The molecule has 1 amide bonds. The molecule has 2 saturated heterocycles. The van der Waals surface area contributed by atoms with Crippen molar-refractivity contribution in [2.75, 3.05) is 53.0 Å². The summed E-state index contributed by atoms with van der Waals surface area (Å²) < 4.78 is 11.1. The first-order valence-corrected chi connectivity index (χ1v) is 11.2. The number of carbonyl (C=O) groups excluding carboxylic acids is 1. The normalized spacial score (nSPS) is 20.0. The maximum absolute atomic E-state index is 12.1. The fourth-order valence-electron chi connectivity index (χ4n) is 4.25. The molecule has 29 heavy (non-hydrogen) atoms. The number of benzene rings is 1. The molecule has 0 unspecified atom stereocenters. The van der Waals surface area contributed by atoms with E-state index in [0.29, 0.717) is 29.5 Å². The van der Waals surface area contributed by atoms with Crippen LogP contribution in [0.3, 0.4) is 0 Å². The molecule has 2 fully saturated rings. The van der Waals surface area contributed by atoms with E-state index in [1.165, 1.54) is 25.9 Å². The molecule has 3 rings (SSSR count). The van der Waals surface area contributed by atoms with Crippen LogP contribution in [0.15, 0.2) is 18.2 Å². The zero-order valence-corrected chi connectivity index (χ0v) is 18.4. The Bertz CT molecular complexity index is 657. The first-order valence-electron chi connectivity index (χ1n) is 10.8. The second-order valence-electron chi connectivity index (χ2n) is 7.91. The van der Waals surface area contributed by atoms with E-state index in [9.17, 15) is 4.79 Å². The first-order chi connectivity index (χ1) is 14.1. The summed E-state index contributed by atoms with van der Waals surface area (Å²) in [5.41, 5.74) is 0.534. The van der Waals surface area contributed by atoms with Gasteiger partial charge >= 0.3 is 0 Å². The maximum atomic E-state index is 12.1. The van der Waals surface area contributed by atoms with Crippen LogP contribution in [0.2, 0.25) is 5.02 Å². The summed E-state index contributed by atoms with van der Waals surface area (Å²) >= 11 is 6.39. The van der Waals surface area contributed by atoms with Crippen LogP contribution in [0.25, 0.3) is 0 Å². The number of hydrogen-bond donors (Lipinski definition) is 1. The number of hydrogen-bond acceptors (Lipinski definition) is 5. The zero-order chi connectivity index (χ0) is 20.6. The Morgan fingerprint density at radius 1 is 1.17 bits per heavy atom. The predicted molar refractivity (Wildman–Crippen MR) is 116 cm³/mol. The summed E-state index contributed by atoms with van der Waals surface area (Å²) in [4.78, 5) is 17.3. The van der Waals surface area contributed by atoms with Crippen molar-refractivity contribution < 1.29 is 14.3 Å². The second-order valence-corrected chi connectivity index (χ2v) is 8.32. The van der Waals surface area contributed by atoms with Gasteiger partial charge in [-0.2, -0.15) is 0 Å². The molecule has 7 heteroatoms. The monoisotopic (exact) mass is 423 g/mol. The molecule has 2 aliphatic heterocycles. The minimum Gasteiger partial charge on any atom is -0.489 e. The van der Waals surface area contributed by atoms with Gasteiger partial charge in [-0.1, -0.05) is 18.5 Å². The third-order valence-corrected chi connectivity index (χ3v) is 6.37. The van der Waals surface area contributed by atoms with Gasteiger partial charge in [0.2, 0.25) is 0 Å². The molecule has 2 heterocycles. The average molecular weight is 424 g/mol. The van der Waals surface area contributed by atoms with E-state index in [0.717, 1.165) is 38.5 Å². The number of ether oxygens (including phenoxy) is 2. The molecule has 1 aromatic carbocycles. The molecule has 0 bridgehead atoms. The van der Waals surface area contributed by atoms with Crippen LogP contribution in [0, 0.1) is 0 Å². The van der Waals surface area contributed by atoms with Gasteiger partial charge in [-0.25, -0.2) is 0 Å². The van der Waals surface area contributed by atoms with E-state index in [1.807, 2.05) is 0 Å². The average Bonchev–Trinajstić information content (AvgIpc) is 2.76. The molecule has 162 valence electrons. The molecular formula is C22H34ClN3O3. The fourth-order valence-corrected chi connectivity index (χ4v) is 4.47. The van der Waals surface area contributed by atoms with Crippen molar-refractivity contribution >= 4 is 17.5 Å². The molecule has 0 spiro atoms. The van der Waals surface area contributed by atoms with Gasteiger partial charge in [0.15, 0.2) is 0 Å². The van der Waals surface area contributed by atoms with Gasteiger partial charge in [0.05, 0.1) is 11.6 Å². The summed E-state index contributed by atoms with van der Waals surface area (Å²) in [5.74, 6) is 0.507. The van der Waals surface area contributed by atoms with Gasteiger partial charge < -0.3 is 24.6 Å². The number of nitrogens with one attached hydrogen (secondary N) is 1. The Kier molecular flexibility index (Phi) is 8.60. The number of likely N-dealkylation sites (tertiary alicyclic amines) is 2. The minimum absolute atomic E-state index is 0.155. The van der Waals surface area contributed by atoms with E-state index in [4.69, 9.17) is 21.1 Å². The molecule has 0 aromatic heterocycles. The molecule has 0 saturated carbocycles. The SMILES string of the molecule is CCN1CCC(N2CCC(Oc3ccc(C(=O)NCCOC)cc3Cl)CC2)CC1. The lowest BCUT2D eigenvalue weighted by Crippen LogP contribution is -2.49. The number of rotatable bonds is 8. The van der Waals surface area contributed by atoms with Crippen molar-refractivity contribution in [2.24, 2.45) is 0 Å². The summed E-state index contributed by atoms with van der Waals surface area (Å²) in [5, 5.41) is 3.28. The van der Waals surface area contributed by atoms with Gasteiger partial charge in [0.1, 0.15) is 11.9 Å². The number of carbonyl (C=O) groups is 1. The molecule has 0 radical (unpaired) electrons.